The Bertz CT molecular complexity index is 459. The minimum atomic E-state index is -0.599. The number of ether oxygens (including phenoxy) is 1. The van der Waals surface area contributed by atoms with Crippen molar-refractivity contribution in [2.45, 2.75) is 6.92 Å². The van der Waals surface area contributed by atoms with Gasteiger partial charge in [-0.25, -0.2) is 4.79 Å². The van der Waals surface area contributed by atoms with E-state index in [9.17, 15) is 9.59 Å². The normalized spacial score (nSPS) is 10.3. The van der Waals surface area contributed by atoms with Gasteiger partial charge in [-0.05, 0) is 25.1 Å². The SMILES string of the molecule is C=CCNC(=O)COC(=O)C=Cc1ccc(C)o1. The van der Waals surface area contributed by atoms with Crippen molar-refractivity contribution >= 4 is 18.0 Å². The van der Waals surface area contributed by atoms with Gasteiger partial charge in [0.25, 0.3) is 5.91 Å². The van der Waals surface area contributed by atoms with Crippen LogP contribution in [0.1, 0.15) is 11.5 Å². The van der Waals surface area contributed by atoms with Gasteiger partial charge in [-0.15, -0.1) is 6.58 Å². The molecule has 1 aromatic rings. The van der Waals surface area contributed by atoms with Crippen molar-refractivity contribution in [1.82, 2.24) is 5.32 Å². The van der Waals surface area contributed by atoms with Gasteiger partial charge < -0.3 is 14.5 Å². The van der Waals surface area contributed by atoms with Crippen LogP contribution in [0.3, 0.4) is 0 Å². The van der Waals surface area contributed by atoms with Gasteiger partial charge in [0.05, 0.1) is 0 Å². The lowest BCUT2D eigenvalue weighted by Crippen LogP contribution is -2.28. The summed E-state index contributed by atoms with van der Waals surface area (Å²) < 4.78 is 9.94. The van der Waals surface area contributed by atoms with Gasteiger partial charge in [0, 0.05) is 12.6 Å². The highest BCUT2D eigenvalue weighted by Gasteiger charge is 2.03. The molecule has 0 aromatic carbocycles. The lowest BCUT2D eigenvalue weighted by atomic mass is 10.4. The lowest BCUT2D eigenvalue weighted by Gasteiger charge is -2.01. The van der Waals surface area contributed by atoms with E-state index in [1.165, 1.54) is 12.2 Å². The second-order valence-corrected chi connectivity index (χ2v) is 3.48. The highest BCUT2D eigenvalue weighted by Crippen LogP contribution is 2.07. The summed E-state index contributed by atoms with van der Waals surface area (Å²) in [6.45, 7) is 5.29. The Hall–Kier alpha value is -2.30. The van der Waals surface area contributed by atoms with Crippen LogP contribution in [0.25, 0.3) is 6.08 Å². The number of nitrogens with one attached hydrogen (secondary N) is 1. The zero-order valence-electron chi connectivity index (χ0n) is 10.1. The molecule has 0 atom stereocenters. The molecule has 1 heterocycles. The smallest absolute Gasteiger partial charge is 0.331 e. The zero-order chi connectivity index (χ0) is 13.4. The van der Waals surface area contributed by atoms with Crippen molar-refractivity contribution in [3.8, 4) is 0 Å². The predicted octanol–water partition coefficient (Wildman–Crippen LogP) is 1.45. The molecule has 1 N–H and O–H groups in total. The fraction of sp³-hybridized carbons (Fsp3) is 0.231. The Morgan fingerprint density at radius 2 is 2.28 bits per heavy atom. The molecule has 1 aromatic heterocycles. The summed E-state index contributed by atoms with van der Waals surface area (Å²) in [6, 6.07) is 3.52. The Labute approximate surface area is 105 Å². The number of carbonyl (C=O) groups is 2. The maximum absolute atomic E-state index is 11.3. The molecular formula is C13H15NO4. The monoisotopic (exact) mass is 249 g/mol. The highest BCUT2D eigenvalue weighted by atomic mass is 16.5. The van der Waals surface area contributed by atoms with Gasteiger partial charge in [-0.1, -0.05) is 6.08 Å². The second-order valence-electron chi connectivity index (χ2n) is 3.48. The number of carbonyl (C=O) groups excluding carboxylic acids is 2. The van der Waals surface area contributed by atoms with Crippen molar-refractivity contribution in [2.75, 3.05) is 13.2 Å². The van der Waals surface area contributed by atoms with Crippen LogP contribution < -0.4 is 5.32 Å². The van der Waals surface area contributed by atoms with E-state index in [0.29, 0.717) is 12.3 Å². The molecule has 0 saturated carbocycles. The van der Waals surface area contributed by atoms with E-state index in [1.54, 1.807) is 25.1 Å². The van der Waals surface area contributed by atoms with E-state index in [-0.39, 0.29) is 12.5 Å². The van der Waals surface area contributed by atoms with Crippen molar-refractivity contribution < 1.29 is 18.7 Å². The van der Waals surface area contributed by atoms with Crippen LogP contribution >= 0.6 is 0 Å². The number of esters is 1. The second kappa shape index (κ2) is 7.11. The van der Waals surface area contributed by atoms with Crippen molar-refractivity contribution in [3.05, 3.63) is 42.4 Å². The van der Waals surface area contributed by atoms with Crippen molar-refractivity contribution in [2.24, 2.45) is 0 Å². The van der Waals surface area contributed by atoms with Gasteiger partial charge in [0.15, 0.2) is 6.61 Å². The quantitative estimate of drug-likeness (QED) is 0.470. The Morgan fingerprint density at radius 1 is 1.50 bits per heavy atom. The topological polar surface area (TPSA) is 68.5 Å². The fourth-order valence-corrected chi connectivity index (χ4v) is 1.11. The van der Waals surface area contributed by atoms with E-state index in [0.717, 1.165) is 5.76 Å². The molecule has 0 unspecified atom stereocenters. The summed E-state index contributed by atoms with van der Waals surface area (Å²) in [5.41, 5.74) is 0. The van der Waals surface area contributed by atoms with Crippen LogP contribution in [0.15, 0.2) is 35.3 Å². The molecule has 96 valence electrons. The average molecular weight is 249 g/mol. The minimum Gasteiger partial charge on any atom is -0.462 e. The number of hydrogen-bond acceptors (Lipinski definition) is 4. The molecule has 0 aliphatic rings. The maximum atomic E-state index is 11.3. The first-order valence-electron chi connectivity index (χ1n) is 5.40. The van der Waals surface area contributed by atoms with Crippen LogP contribution in [0, 0.1) is 6.92 Å². The van der Waals surface area contributed by atoms with Gasteiger partial charge in [0.2, 0.25) is 0 Å². The summed E-state index contributed by atoms with van der Waals surface area (Å²) in [7, 11) is 0. The van der Waals surface area contributed by atoms with Gasteiger partial charge >= 0.3 is 5.97 Å². The van der Waals surface area contributed by atoms with E-state index >= 15 is 0 Å². The highest BCUT2D eigenvalue weighted by molar-refractivity contribution is 5.88. The Kier molecular flexibility index (Phi) is 5.44. The van der Waals surface area contributed by atoms with Crippen LogP contribution in [-0.4, -0.2) is 25.0 Å². The molecule has 18 heavy (non-hydrogen) atoms. The largest absolute Gasteiger partial charge is 0.462 e. The van der Waals surface area contributed by atoms with E-state index in [4.69, 9.17) is 9.15 Å². The average Bonchev–Trinajstić information content (AvgIpc) is 2.77. The minimum absolute atomic E-state index is 0.311. The standard InChI is InChI=1S/C13H15NO4/c1-3-8-14-12(15)9-17-13(16)7-6-11-5-4-10(2)18-11/h3-7H,1,8-9H2,2H3,(H,14,15). The first-order valence-corrected chi connectivity index (χ1v) is 5.40. The van der Waals surface area contributed by atoms with Crippen LogP contribution in [0.4, 0.5) is 0 Å². The molecule has 0 saturated heterocycles. The van der Waals surface area contributed by atoms with E-state index in [1.807, 2.05) is 0 Å². The number of rotatable bonds is 6. The lowest BCUT2D eigenvalue weighted by molar-refractivity contribution is -0.143. The fourth-order valence-electron chi connectivity index (χ4n) is 1.11. The van der Waals surface area contributed by atoms with E-state index < -0.39 is 5.97 Å². The number of amides is 1. The Balaban J connectivity index is 2.31. The summed E-state index contributed by atoms with van der Waals surface area (Å²) in [5.74, 6) is 0.343. The molecule has 5 heteroatoms. The molecule has 0 fully saturated rings. The van der Waals surface area contributed by atoms with Crippen LogP contribution in [0.5, 0.6) is 0 Å². The van der Waals surface area contributed by atoms with Crippen LogP contribution in [-0.2, 0) is 14.3 Å². The maximum Gasteiger partial charge on any atom is 0.331 e. The van der Waals surface area contributed by atoms with Crippen LogP contribution in [0.2, 0.25) is 0 Å². The molecular weight excluding hydrogens is 234 g/mol. The van der Waals surface area contributed by atoms with Gasteiger partial charge in [0.1, 0.15) is 11.5 Å². The summed E-state index contributed by atoms with van der Waals surface area (Å²) in [5, 5.41) is 2.49. The summed E-state index contributed by atoms with van der Waals surface area (Å²) in [6.07, 6.45) is 4.23. The summed E-state index contributed by atoms with van der Waals surface area (Å²) >= 11 is 0. The van der Waals surface area contributed by atoms with Crippen molar-refractivity contribution in [3.63, 3.8) is 0 Å². The number of furan rings is 1. The van der Waals surface area contributed by atoms with Gasteiger partial charge in [-0.2, -0.15) is 0 Å². The third kappa shape index (κ3) is 5.16. The molecule has 0 aliphatic heterocycles. The molecule has 1 amide bonds. The van der Waals surface area contributed by atoms with Gasteiger partial charge in [-0.3, -0.25) is 4.79 Å². The summed E-state index contributed by atoms with van der Waals surface area (Å²) in [4.78, 5) is 22.4. The molecule has 0 bridgehead atoms. The molecule has 0 radical (unpaired) electrons. The molecule has 5 nitrogen and oxygen atoms in total. The first-order chi connectivity index (χ1) is 8.61. The number of hydrogen-bond donors (Lipinski definition) is 1. The first kappa shape index (κ1) is 13.8. The molecule has 0 aliphatic carbocycles. The third-order valence-electron chi connectivity index (χ3n) is 1.93. The zero-order valence-corrected chi connectivity index (χ0v) is 10.1. The Morgan fingerprint density at radius 3 is 2.89 bits per heavy atom. The number of aryl methyl sites for hydroxylation is 1. The van der Waals surface area contributed by atoms with E-state index in [2.05, 4.69) is 11.9 Å². The molecule has 0 spiro atoms. The van der Waals surface area contributed by atoms with Crippen molar-refractivity contribution in [1.29, 1.82) is 0 Å². The third-order valence-corrected chi connectivity index (χ3v) is 1.93. The molecule has 1 rings (SSSR count). The predicted molar refractivity (Wildman–Crippen MR) is 66.6 cm³/mol.